The van der Waals surface area contributed by atoms with Gasteiger partial charge in [-0.15, -0.1) is 0 Å². The van der Waals surface area contributed by atoms with Crippen LogP contribution in [0, 0.1) is 5.41 Å². The third-order valence-electron chi connectivity index (χ3n) is 3.09. The van der Waals surface area contributed by atoms with E-state index in [2.05, 4.69) is 22.5 Å². The van der Waals surface area contributed by atoms with Gasteiger partial charge in [-0.25, -0.2) is 4.68 Å². The van der Waals surface area contributed by atoms with Crippen LogP contribution in [0.3, 0.4) is 0 Å². The molecule has 0 saturated heterocycles. The number of hydrogen-bond donors (Lipinski definition) is 1. The van der Waals surface area contributed by atoms with Crippen molar-refractivity contribution in [2.24, 2.45) is 5.41 Å². The molecule has 0 bridgehead atoms. The standard InChI is InChI=1S/C16H21N3O/c1-16(2,3)15(20)17-11-9-13-5-7-14(8-6-13)19-12-4-10-18-19/h4-8,10,12H,9,11H2,1-3H3,(H,17,20). The number of carbonyl (C=O) groups is 1. The van der Waals surface area contributed by atoms with E-state index in [1.54, 1.807) is 6.20 Å². The molecule has 106 valence electrons. The van der Waals surface area contributed by atoms with E-state index in [9.17, 15) is 4.79 Å². The molecule has 0 fully saturated rings. The average molecular weight is 271 g/mol. The maximum Gasteiger partial charge on any atom is 0.225 e. The van der Waals surface area contributed by atoms with E-state index in [0.29, 0.717) is 6.54 Å². The molecule has 0 radical (unpaired) electrons. The minimum absolute atomic E-state index is 0.0886. The second-order valence-electron chi connectivity index (χ2n) is 5.87. The lowest BCUT2D eigenvalue weighted by atomic mass is 9.95. The number of amides is 1. The maximum atomic E-state index is 11.7. The van der Waals surface area contributed by atoms with Crippen LogP contribution in [0.4, 0.5) is 0 Å². The first-order chi connectivity index (χ1) is 9.47. The van der Waals surface area contributed by atoms with Gasteiger partial charge in [-0.05, 0) is 30.2 Å². The van der Waals surface area contributed by atoms with Crippen LogP contribution in [0.1, 0.15) is 26.3 Å². The fourth-order valence-corrected chi connectivity index (χ4v) is 1.82. The first-order valence-corrected chi connectivity index (χ1v) is 6.84. The van der Waals surface area contributed by atoms with E-state index in [4.69, 9.17) is 0 Å². The molecule has 1 aromatic heterocycles. The van der Waals surface area contributed by atoms with Crippen LogP contribution in [0.15, 0.2) is 42.7 Å². The summed E-state index contributed by atoms with van der Waals surface area (Å²) < 4.78 is 1.82. The Kier molecular flexibility index (Phi) is 4.23. The second-order valence-corrected chi connectivity index (χ2v) is 5.87. The molecule has 0 aliphatic rings. The van der Waals surface area contributed by atoms with Gasteiger partial charge in [0.25, 0.3) is 0 Å². The van der Waals surface area contributed by atoms with Gasteiger partial charge in [0.2, 0.25) is 5.91 Å². The number of aromatic nitrogens is 2. The molecular formula is C16H21N3O. The zero-order valence-corrected chi connectivity index (χ0v) is 12.3. The van der Waals surface area contributed by atoms with Crippen LogP contribution in [-0.2, 0) is 11.2 Å². The Morgan fingerprint density at radius 1 is 1.25 bits per heavy atom. The van der Waals surface area contributed by atoms with Crippen LogP contribution in [-0.4, -0.2) is 22.2 Å². The van der Waals surface area contributed by atoms with E-state index in [1.807, 2.05) is 49.8 Å². The first kappa shape index (κ1) is 14.3. The van der Waals surface area contributed by atoms with Crippen molar-refractivity contribution in [3.63, 3.8) is 0 Å². The van der Waals surface area contributed by atoms with Crippen LogP contribution in [0.5, 0.6) is 0 Å². The van der Waals surface area contributed by atoms with E-state index >= 15 is 0 Å². The van der Waals surface area contributed by atoms with Crippen molar-refractivity contribution in [1.82, 2.24) is 15.1 Å². The second kappa shape index (κ2) is 5.90. The molecule has 1 heterocycles. The Morgan fingerprint density at radius 3 is 2.50 bits per heavy atom. The van der Waals surface area contributed by atoms with Gasteiger partial charge in [-0.2, -0.15) is 5.10 Å². The number of nitrogens with one attached hydrogen (secondary N) is 1. The van der Waals surface area contributed by atoms with E-state index in [0.717, 1.165) is 12.1 Å². The van der Waals surface area contributed by atoms with Crippen molar-refractivity contribution in [3.05, 3.63) is 48.3 Å². The highest BCUT2D eigenvalue weighted by molar-refractivity contribution is 5.81. The number of carbonyl (C=O) groups excluding carboxylic acids is 1. The normalized spacial score (nSPS) is 11.3. The molecule has 1 aromatic carbocycles. The van der Waals surface area contributed by atoms with Crippen molar-refractivity contribution < 1.29 is 4.79 Å². The minimum atomic E-state index is -0.329. The van der Waals surface area contributed by atoms with Crippen LogP contribution < -0.4 is 5.32 Å². The smallest absolute Gasteiger partial charge is 0.225 e. The summed E-state index contributed by atoms with van der Waals surface area (Å²) >= 11 is 0. The van der Waals surface area contributed by atoms with Gasteiger partial charge < -0.3 is 5.32 Å². The molecule has 0 saturated carbocycles. The zero-order valence-electron chi connectivity index (χ0n) is 12.3. The Balaban J connectivity index is 1.87. The quantitative estimate of drug-likeness (QED) is 0.929. The van der Waals surface area contributed by atoms with Crippen molar-refractivity contribution >= 4 is 5.91 Å². The number of nitrogens with zero attached hydrogens (tertiary/aromatic N) is 2. The molecule has 2 rings (SSSR count). The Bertz CT molecular complexity index is 550. The van der Waals surface area contributed by atoms with Crippen molar-refractivity contribution in [3.8, 4) is 5.69 Å². The van der Waals surface area contributed by atoms with Gasteiger partial charge in [-0.1, -0.05) is 32.9 Å². The SMILES string of the molecule is CC(C)(C)C(=O)NCCc1ccc(-n2cccn2)cc1. The predicted octanol–water partition coefficient (Wildman–Crippen LogP) is 2.58. The van der Waals surface area contributed by atoms with Crippen LogP contribution >= 0.6 is 0 Å². The summed E-state index contributed by atoms with van der Waals surface area (Å²) in [5.74, 6) is 0.0886. The Morgan fingerprint density at radius 2 is 1.95 bits per heavy atom. The van der Waals surface area contributed by atoms with Gasteiger partial charge in [0.05, 0.1) is 5.69 Å². The summed E-state index contributed by atoms with van der Waals surface area (Å²) in [6.07, 6.45) is 4.51. The molecule has 0 spiro atoms. The third kappa shape index (κ3) is 3.70. The Labute approximate surface area is 119 Å². The van der Waals surface area contributed by atoms with E-state index < -0.39 is 0 Å². The van der Waals surface area contributed by atoms with Gasteiger partial charge in [0.1, 0.15) is 0 Å². The molecule has 4 nitrogen and oxygen atoms in total. The van der Waals surface area contributed by atoms with E-state index in [1.165, 1.54) is 5.56 Å². The molecule has 1 N–H and O–H groups in total. The molecular weight excluding hydrogens is 250 g/mol. The topological polar surface area (TPSA) is 46.9 Å². The van der Waals surface area contributed by atoms with Gasteiger partial charge in [0, 0.05) is 24.4 Å². The molecule has 0 unspecified atom stereocenters. The van der Waals surface area contributed by atoms with Crippen LogP contribution in [0.25, 0.3) is 5.69 Å². The van der Waals surface area contributed by atoms with E-state index in [-0.39, 0.29) is 11.3 Å². The Hall–Kier alpha value is -2.10. The molecule has 0 aliphatic heterocycles. The number of rotatable bonds is 4. The lowest BCUT2D eigenvalue weighted by molar-refractivity contribution is -0.128. The monoisotopic (exact) mass is 271 g/mol. The van der Waals surface area contributed by atoms with Gasteiger partial charge >= 0.3 is 0 Å². The number of hydrogen-bond acceptors (Lipinski definition) is 2. The van der Waals surface area contributed by atoms with Crippen LogP contribution in [0.2, 0.25) is 0 Å². The summed E-state index contributed by atoms with van der Waals surface area (Å²) in [5.41, 5.74) is 1.91. The fourth-order valence-electron chi connectivity index (χ4n) is 1.82. The molecule has 2 aromatic rings. The largest absolute Gasteiger partial charge is 0.355 e. The highest BCUT2D eigenvalue weighted by Crippen LogP contribution is 2.12. The number of benzene rings is 1. The van der Waals surface area contributed by atoms with Crippen molar-refractivity contribution in [1.29, 1.82) is 0 Å². The maximum absolute atomic E-state index is 11.7. The molecule has 20 heavy (non-hydrogen) atoms. The predicted molar refractivity (Wildman–Crippen MR) is 79.7 cm³/mol. The summed E-state index contributed by atoms with van der Waals surface area (Å²) in [5, 5.41) is 7.14. The highest BCUT2D eigenvalue weighted by Gasteiger charge is 2.20. The van der Waals surface area contributed by atoms with Crippen molar-refractivity contribution in [2.45, 2.75) is 27.2 Å². The highest BCUT2D eigenvalue weighted by atomic mass is 16.2. The zero-order chi connectivity index (χ0) is 14.6. The minimum Gasteiger partial charge on any atom is -0.355 e. The lowest BCUT2D eigenvalue weighted by Gasteiger charge is -2.17. The molecule has 4 heteroatoms. The third-order valence-corrected chi connectivity index (χ3v) is 3.09. The van der Waals surface area contributed by atoms with Crippen molar-refractivity contribution in [2.75, 3.05) is 6.54 Å². The summed E-state index contributed by atoms with van der Waals surface area (Å²) in [6, 6.07) is 10.1. The molecule has 0 atom stereocenters. The average Bonchev–Trinajstić information content (AvgIpc) is 2.92. The lowest BCUT2D eigenvalue weighted by Crippen LogP contribution is -2.35. The summed E-state index contributed by atoms with van der Waals surface area (Å²) in [7, 11) is 0. The molecule has 0 aliphatic carbocycles. The first-order valence-electron chi connectivity index (χ1n) is 6.84. The van der Waals surface area contributed by atoms with Gasteiger partial charge in [-0.3, -0.25) is 4.79 Å². The fraction of sp³-hybridized carbons (Fsp3) is 0.375. The summed E-state index contributed by atoms with van der Waals surface area (Å²) in [4.78, 5) is 11.7. The summed E-state index contributed by atoms with van der Waals surface area (Å²) in [6.45, 7) is 6.42. The molecule has 1 amide bonds. The van der Waals surface area contributed by atoms with Gasteiger partial charge in [0.15, 0.2) is 0 Å².